The van der Waals surface area contributed by atoms with Crippen LogP contribution in [0.3, 0.4) is 0 Å². The number of rotatable bonds is 5. The van der Waals surface area contributed by atoms with Crippen molar-refractivity contribution in [2.45, 2.75) is 25.2 Å². The number of alkyl halides is 3. The number of nitrogens with zero attached hydrogens (tertiary/aromatic N) is 5. The monoisotopic (exact) mass is 565 g/mol. The van der Waals surface area contributed by atoms with E-state index in [1.165, 1.54) is 29.3 Å². The first-order valence-electron chi connectivity index (χ1n) is 13.2. The van der Waals surface area contributed by atoms with Crippen molar-refractivity contribution in [1.82, 2.24) is 9.88 Å². The summed E-state index contributed by atoms with van der Waals surface area (Å²) < 4.78 is 41.6. The molecule has 1 spiro atoms. The zero-order chi connectivity index (χ0) is 28.9. The van der Waals surface area contributed by atoms with E-state index in [-0.39, 0.29) is 23.2 Å². The Morgan fingerprint density at radius 1 is 0.927 bits per heavy atom. The first-order chi connectivity index (χ1) is 19.6. The number of anilines is 3. The zero-order valence-corrected chi connectivity index (χ0v) is 22.0. The number of halogens is 3. The standard InChI is InChI=1S/C29H26F3N5O4/c1-19-18-28(19)26(39)36(21-7-9-23(10-8-21)41-29(30,31)32)27(40)37(28)22-11-12-33-24(17-22)25(38)35-15-13-34(14-16-35)20-5-3-2-4-6-20/h2-12,17,19H,13-16,18H2,1H3. The number of para-hydroxylation sites is 1. The molecule has 2 unspecified atom stereocenters. The lowest BCUT2D eigenvalue weighted by Gasteiger charge is -2.36. The predicted octanol–water partition coefficient (Wildman–Crippen LogP) is 4.69. The Kier molecular flexibility index (Phi) is 6.35. The van der Waals surface area contributed by atoms with Gasteiger partial charge in [0.2, 0.25) is 0 Å². The van der Waals surface area contributed by atoms with Crippen LogP contribution in [-0.4, -0.2) is 65.8 Å². The van der Waals surface area contributed by atoms with Gasteiger partial charge in [-0.15, -0.1) is 13.2 Å². The van der Waals surface area contributed by atoms with Gasteiger partial charge in [0, 0.05) is 38.1 Å². The van der Waals surface area contributed by atoms with Crippen molar-refractivity contribution in [2.24, 2.45) is 5.92 Å². The van der Waals surface area contributed by atoms with E-state index < -0.39 is 29.6 Å². The highest BCUT2D eigenvalue weighted by atomic mass is 19.4. The Morgan fingerprint density at radius 3 is 2.20 bits per heavy atom. The normalized spacial score (nSPS) is 22.5. The molecule has 2 saturated heterocycles. The van der Waals surface area contributed by atoms with Crippen molar-refractivity contribution in [1.29, 1.82) is 0 Å². The van der Waals surface area contributed by atoms with Crippen LogP contribution < -0.4 is 19.4 Å². The van der Waals surface area contributed by atoms with Crippen LogP contribution in [0.4, 0.5) is 35.0 Å². The second-order valence-electron chi connectivity index (χ2n) is 10.3. The van der Waals surface area contributed by atoms with Crippen molar-refractivity contribution >= 4 is 34.9 Å². The molecule has 0 N–H and O–H groups in total. The number of imide groups is 1. The van der Waals surface area contributed by atoms with E-state index in [1.54, 1.807) is 11.0 Å². The van der Waals surface area contributed by atoms with Crippen molar-refractivity contribution in [3.05, 3.63) is 78.6 Å². The summed E-state index contributed by atoms with van der Waals surface area (Å²) in [6.07, 6.45) is -3.01. The number of carbonyl (C=O) groups is 3. The van der Waals surface area contributed by atoms with Gasteiger partial charge < -0.3 is 14.5 Å². The summed E-state index contributed by atoms with van der Waals surface area (Å²) in [5, 5.41) is 0. The molecule has 41 heavy (non-hydrogen) atoms. The molecule has 3 aliphatic rings. The Labute approximate surface area is 233 Å². The summed E-state index contributed by atoms with van der Waals surface area (Å²) >= 11 is 0. The maximum absolute atomic E-state index is 13.7. The maximum atomic E-state index is 13.7. The third-order valence-corrected chi connectivity index (χ3v) is 7.87. The molecule has 1 saturated carbocycles. The van der Waals surface area contributed by atoms with Gasteiger partial charge in [-0.25, -0.2) is 9.69 Å². The highest BCUT2D eigenvalue weighted by Crippen LogP contribution is 2.55. The lowest BCUT2D eigenvalue weighted by Crippen LogP contribution is -2.49. The summed E-state index contributed by atoms with van der Waals surface area (Å²) in [5.41, 5.74) is 0.589. The summed E-state index contributed by atoms with van der Waals surface area (Å²) in [6.45, 7) is 4.18. The fourth-order valence-corrected chi connectivity index (χ4v) is 5.67. The molecule has 2 aromatic carbocycles. The van der Waals surface area contributed by atoms with Gasteiger partial charge in [-0.3, -0.25) is 19.5 Å². The van der Waals surface area contributed by atoms with Gasteiger partial charge in [0.15, 0.2) is 0 Å². The van der Waals surface area contributed by atoms with Gasteiger partial charge in [0.05, 0.1) is 11.4 Å². The van der Waals surface area contributed by atoms with Gasteiger partial charge in [-0.1, -0.05) is 25.1 Å². The lowest BCUT2D eigenvalue weighted by atomic mass is 10.1. The Morgan fingerprint density at radius 2 is 1.59 bits per heavy atom. The molecule has 1 aliphatic carbocycles. The van der Waals surface area contributed by atoms with E-state index in [2.05, 4.69) is 14.6 Å². The fourth-order valence-electron chi connectivity index (χ4n) is 5.67. The Bertz CT molecular complexity index is 1490. The van der Waals surface area contributed by atoms with E-state index in [0.717, 1.165) is 22.7 Å². The van der Waals surface area contributed by atoms with Crippen LogP contribution in [0.1, 0.15) is 23.8 Å². The number of ether oxygens (including phenoxy) is 1. The van der Waals surface area contributed by atoms with Crippen molar-refractivity contribution in [3.8, 4) is 5.75 Å². The molecular weight excluding hydrogens is 539 g/mol. The van der Waals surface area contributed by atoms with Gasteiger partial charge in [0.25, 0.3) is 11.8 Å². The number of hydrogen-bond acceptors (Lipinski definition) is 6. The van der Waals surface area contributed by atoms with Gasteiger partial charge in [0.1, 0.15) is 17.0 Å². The van der Waals surface area contributed by atoms with E-state index >= 15 is 0 Å². The van der Waals surface area contributed by atoms with Crippen LogP contribution in [0.2, 0.25) is 0 Å². The van der Waals surface area contributed by atoms with Crippen LogP contribution >= 0.6 is 0 Å². The largest absolute Gasteiger partial charge is 0.573 e. The van der Waals surface area contributed by atoms with Crippen LogP contribution in [0.5, 0.6) is 5.75 Å². The lowest BCUT2D eigenvalue weighted by molar-refractivity contribution is -0.274. The molecule has 3 heterocycles. The van der Waals surface area contributed by atoms with E-state index in [4.69, 9.17) is 0 Å². The number of pyridine rings is 1. The van der Waals surface area contributed by atoms with Crippen LogP contribution in [0.25, 0.3) is 0 Å². The number of hydrogen-bond donors (Lipinski definition) is 0. The molecule has 12 heteroatoms. The average molecular weight is 566 g/mol. The molecule has 2 aliphatic heterocycles. The number of piperazine rings is 1. The van der Waals surface area contributed by atoms with Crippen LogP contribution in [0, 0.1) is 5.92 Å². The zero-order valence-electron chi connectivity index (χ0n) is 22.0. The maximum Gasteiger partial charge on any atom is 0.573 e. The third kappa shape index (κ3) is 4.72. The minimum absolute atomic E-state index is 0.122. The van der Waals surface area contributed by atoms with Crippen LogP contribution in [-0.2, 0) is 4.79 Å². The number of carbonyl (C=O) groups excluding carboxylic acids is 3. The quantitative estimate of drug-likeness (QED) is 0.417. The smallest absolute Gasteiger partial charge is 0.406 e. The second-order valence-corrected chi connectivity index (χ2v) is 10.3. The number of benzene rings is 2. The minimum Gasteiger partial charge on any atom is -0.406 e. The molecule has 9 nitrogen and oxygen atoms in total. The molecule has 0 bridgehead atoms. The third-order valence-electron chi connectivity index (χ3n) is 7.87. The Hall–Kier alpha value is -4.61. The molecule has 3 fully saturated rings. The van der Waals surface area contributed by atoms with Gasteiger partial charge in [-0.05, 0) is 60.9 Å². The molecule has 2 atom stereocenters. The highest BCUT2D eigenvalue weighted by Gasteiger charge is 2.70. The fraction of sp³-hybridized carbons (Fsp3) is 0.310. The highest BCUT2D eigenvalue weighted by molar-refractivity contribution is 6.32. The SMILES string of the molecule is CC1CC12C(=O)N(c1ccc(OC(F)(F)F)cc1)C(=O)N2c1ccnc(C(=O)N2CCN(c3ccccc3)CC2)c1. The molecule has 6 rings (SSSR count). The topological polar surface area (TPSA) is 86.3 Å². The van der Waals surface area contributed by atoms with E-state index in [9.17, 15) is 27.6 Å². The molecule has 0 radical (unpaired) electrons. The summed E-state index contributed by atoms with van der Waals surface area (Å²) in [7, 11) is 0. The second kappa shape index (κ2) is 9.79. The number of urea groups is 1. The number of aromatic nitrogens is 1. The van der Waals surface area contributed by atoms with Crippen LogP contribution in [0.15, 0.2) is 72.9 Å². The van der Waals surface area contributed by atoms with Crippen molar-refractivity contribution in [3.63, 3.8) is 0 Å². The molecule has 3 aromatic rings. The first-order valence-corrected chi connectivity index (χ1v) is 13.2. The summed E-state index contributed by atoms with van der Waals surface area (Å²) in [6, 6.07) is 17.0. The molecule has 212 valence electrons. The predicted molar refractivity (Wildman–Crippen MR) is 144 cm³/mol. The van der Waals surface area contributed by atoms with E-state index in [0.29, 0.717) is 38.3 Å². The van der Waals surface area contributed by atoms with Crippen molar-refractivity contribution < 1.29 is 32.3 Å². The Balaban J connectivity index is 1.22. The summed E-state index contributed by atoms with van der Waals surface area (Å²) in [4.78, 5) is 51.2. The average Bonchev–Trinajstić information content (AvgIpc) is 3.58. The van der Waals surface area contributed by atoms with Gasteiger partial charge >= 0.3 is 12.4 Å². The molecular formula is C29H26F3N5O4. The van der Waals surface area contributed by atoms with Crippen molar-refractivity contribution in [2.75, 3.05) is 40.9 Å². The molecule has 1 aromatic heterocycles. The first kappa shape index (κ1) is 26.6. The van der Waals surface area contributed by atoms with E-state index in [1.807, 2.05) is 37.3 Å². The van der Waals surface area contributed by atoms with Gasteiger partial charge in [-0.2, -0.15) is 0 Å². The minimum atomic E-state index is -4.86. The summed E-state index contributed by atoms with van der Waals surface area (Å²) in [5.74, 6) is -1.36. The molecule has 4 amide bonds. The number of amides is 4.